The predicted molar refractivity (Wildman–Crippen MR) is 56.3 cm³/mol. The number of aryl methyl sites for hydroxylation is 1. The van der Waals surface area contributed by atoms with Crippen molar-refractivity contribution in [2.75, 3.05) is 6.61 Å². The van der Waals surface area contributed by atoms with Crippen molar-refractivity contribution in [2.45, 2.75) is 13.0 Å². The lowest BCUT2D eigenvalue weighted by atomic mass is 10.1. The second-order valence-corrected chi connectivity index (χ2v) is 4.11. The van der Waals surface area contributed by atoms with Gasteiger partial charge in [-0.3, -0.25) is 0 Å². The van der Waals surface area contributed by atoms with Crippen molar-refractivity contribution < 1.29 is 4.74 Å². The zero-order valence-electron chi connectivity index (χ0n) is 6.80. The van der Waals surface area contributed by atoms with Gasteiger partial charge >= 0.3 is 0 Å². The van der Waals surface area contributed by atoms with Gasteiger partial charge in [-0.2, -0.15) is 0 Å². The van der Waals surface area contributed by atoms with Gasteiger partial charge in [-0.15, -0.1) is 0 Å². The molecule has 3 heteroatoms. The van der Waals surface area contributed by atoms with E-state index in [2.05, 4.69) is 41.6 Å². The summed E-state index contributed by atoms with van der Waals surface area (Å²) in [5.41, 5.74) is 8.23. The first-order valence-electron chi connectivity index (χ1n) is 3.87. The Morgan fingerprint density at radius 2 is 2.33 bits per heavy atom. The molecule has 1 atom stereocenters. The highest BCUT2D eigenvalue weighted by Gasteiger charge is 2.23. The topological polar surface area (TPSA) is 35.2 Å². The number of fused-ring (bicyclic) bond motifs is 1. The molecule has 0 spiro atoms. The molecule has 0 radical (unpaired) electrons. The van der Waals surface area contributed by atoms with E-state index in [0.29, 0.717) is 6.61 Å². The molecule has 0 saturated heterocycles. The minimum Gasteiger partial charge on any atom is -0.490 e. The highest BCUT2D eigenvalue weighted by atomic mass is 127. The van der Waals surface area contributed by atoms with Crippen LogP contribution in [0.2, 0.25) is 0 Å². The van der Waals surface area contributed by atoms with Crippen molar-refractivity contribution >= 4 is 22.6 Å². The molecule has 2 N–H and O–H groups in total. The van der Waals surface area contributed by atoms with Gasteiger partial charge in [0.2, 0.25) is 0 Å². The van der Waals surface area contributed by atoms with Crippen LogP contribution in [0.3, 0.4) is 0 Å². The summed E-state index contributed by atoms with van der Waals surface area (Å²) < 4.78 is 6.68. The van der Waals surface area contributed by atoms with E-state index in [1.54, 1.807) is 0 Å². The fourth-order valence-electron chi connectivity index (χ4n) is 1.37. The smallest absolute Gasteiger partial charge is 0.137 e. The number of halogens is 1. The van der Waals surface area contributed by atoms with Gasteiger partial charge in [-0.05, 0) is 35.1 Å². The summed E-state index contributed by atoms with van der Waals surface area (Å²) >= 11 is 2.30. The third-order valence-corrected chi connectivity index (χ3v) is 3.47. The molecule has 2 nitrogen and oxygen atoms in total. The third-order valence-electron chi connectivity index (χ3n) is 2.13. The second-order valence-electron chi connectivity index (χ2n) is 3.03. The van der Waals surface area contributed by atoms with Crippen LogP contribution in [0, 0.1) is 10.5 Å². The first-order valence-corrected chi connectivity index (χ1v) is 4.95. The largest absolute Gasteiger partial charge is 0.490 e. The standard InChI is InChI=1S/C9H10INO/c1-5-2-3-6-7(11)4-12-9(6)8(5)10/h2-3,7H,4,11H2,1H3/t7-/m1/s1. The van der Waals surface area contributed by atoms with Crippen LogP contribution in [0.4, 0.5) is 0 Å². The molecule has 0 saturated carbocycles. The molecular weight excluding hydrogens is 265 g/mol. The zero-order valence-corrected chi connectivity index (χ0v) is 8.96. The Kier molecular flexibility index (Phi) is 2.00. The molecular formula is C9H10INO. The fourth-order valence-corrected chi connectivity index (χ4v) is 2.02. The van der Waals surface area contributed by atoms with Gasteiger partial charge in [0.05, 0.1) is 9.61 Å². The first-order chi connectivity index (χ1) is 5.70. The molecule has 0 unspecified atom stereocenters. The van der Waals surface area contributed by atoms with E-state index >= 15 is 0 Å². The van der Waals surface area contributed by atoms with Crippen molar-refractivity contribution in [3.63, 3.8) is 0 Å². The highest BCUT2D eigenvalue weighted by molar-refractivity contribution is 14.1. The van der Waals surface area contributed by atoms with E-state index < -0.39 is 0 Å². The summed E-state index contributed by atoms with van der Waals surface area (Å²) in [7, 11) is 0. The monoisotopic (exact) mass is 275 g/mol. The average Bonchev–Trinajstić information content (AvgIpc) is 2.41. The summed E-state index contributed by atoms with van der Waals surface area (Å²) in [4.78, 5) is 0. The van der Waals surface area contributed by atoms with Gasteiger partial charge in [0.25, 0.3) is 0 Å². The molecule has 2 rings (SSSR count). The maximum absolute atomic E-state index is 5.84. The van der Waals surface area contributed by atoms with Crippen LogP contribution >= 0.6 is 22.6 Å². The normalized spacial score (nSPS) is 20.4. The zero-order chi connectivity index (χ0) is 8.72. The van der Waals surface area contributed by atoms with Crippen molar-refractivity contribution in [3.05, 3.63) is 26.8 Å². The molecule has 0 aliphatic carbocycles. The van der Waals surface area contributed by atoms with E-state index in [1.807, 2.05) is 0 Å². The number of benzene rings is 1. The predicted octanol–water partition coefficient (Wildman–Crippen LogP) is 1.99. The quantitative estimate of drug-likeness (QED) is 0.735. The Morgan fingerprint density at radius 3 is 3.08 bits per heavy atom. The van der Waals surface area contributed by atoms with Crippen LogP contribution < -0.4 is 10.5 Å². The maximum atomic E-state index is 5.84. The van der Waals surface area contributed by atoms with Crippen molar-refractivity contribution in [3.8, 4) is 5.75 Å². The first kappa shape index (κ1) is 8.31. The molecule has 0 aromatic heterocycles. The van der Waals surface area contributed by atoms with Crippen LogP contribution in [0.1, 0.15) is 17.2 Å². The number of ether oxygens (including phenoxy) is 1. The molecule has 0 amide bonds. The van der Waals surface area contributed by atoms with Crippen LogP contribution in [0.25, 0.3) is 0 Å². The maximum Gasteiger partial charge on any atom is 0.137 e. The van der Waals surface area contributed by atoms with E-state index in [4.69, 9.17) is 10.5 Å². The van der Waals surface area contributed by atoms with E-state index in [1.165, 1.54) is 9.13 Å². The summed E-state index contributed by atoms with van der Waals surface area (Å²) in [6, 6.07) is 4.22. The van der Waals surface area contributed by atoms with Gasteiger partial charge in [-0.1, -0.05) is 12.1 Å². The van der Waals surface area contributed by atoms with Crippen LogP contribution in [0.5, 0.6) is 5.75 Å². The third kappa shape index (κ3) is 1.11. The van der Waals surface area contributed by atoms with Gasteiger partial charge in [0, 0.05) is 5.56 Å². The lowest BCUT2D eigenvalue weighted by molar-refractivity contribution is 0.331. The summed E-state index contributed by atoms with van der Waals surface area (Å²) in [5, 5.41) is 0. The average molecular weight is 275 g/mol. The molecule has 1 aliphatic heterocycles. The molecule has 1 heterocycles. The van der Waals surface area contributed by atoms with Crippen LogP contribution in [0.15, 0.2) is 12.1 Å². The molecule has 1 aliphatic rings. The molecule has 1 aromatic carbocycles. The number of hydrogen-bond acceptors (Lipinski definition) is 2. The number of hydrogen-bond donors (Lipinski definition) is 1. The molecule has 12 heavy (non-hydrogen) atoms. The number of nitrogens with two attached hydrogens (primary N) is 1. The Morgan fingerprint density at radius 1 is 1.58 bits per heavy atom. The SMILES string of the molecule is Cc1ccc2c(c1I)OC[C@H]2N. The molecule has 64 valence electrons. The van der Waals surface area contributed by atoms with Crippen molar-refractivity contribution in [1.29, 1.82) is 0 Å². The van der Waals surface area contributed by atoms with Gasteiger partial charge in [-0.25, -0.2) is 0 Å². The van der Waals surface area contributed by atoms with Gasteiger partial charge in [0.1, 0.15) is 12.4 Å². The van der Waals surface area contributed by atoms with Crippen LogP contribution in [-0.4, -0.2) is 6.61 Å². The summed E-state index contributed by atoms with van der Waals surface area (Å²) in [6.07, 6.45) is 0. The number of rotatable bonds is 0. The van der Waals surface area contributed by atoms with E-state index in [-0.39, 0.29) is 6.04 Å². The molecule has 0 fully saturated rings. The molecule has 0 bridgehead atoms. The Balaban J connectivity index is 2.60. The lowest BCUT2D eigenvalue weighted by Crippen LogP contribution is -2.10. The van der Waals surface area contributed by atoms with Gasteiger partial charge in [0.15, 0.2) is 0 Å². The summed E-state index contributed by atoms with van der Waals surface area (Å²) in [6.45, 7) is 2.70. The minimum atomic E-state index is 0.0640. The van der Waals surface area contributed by atoms with Crippen molar-refractivity contribution in [1.82, 2.24) is 0 Å². The van der Waals surface area contributed by atoms with Crippen LogP contribution in [-0.2, 0) is 0 Å². The lowest BCUT2D eigenvalue weighted by Gasteiger charge is -2.04. The Hall–Kier alpha value is -0.290. The fraction of sp³-hybridized carbons (Fsp3) is 0.333. The Labute approximate surface area is 85.2 Å². The Bertz CT molecular complexity index is 325. The van der Waals surface area contributed by atoms with E-state index in [9.17, 15) is 0 Å². The van der Waals surface area contributed by atoms with Gasteiger partial charge < -0.3 is 10.5 Å². The minimum absolute atomic E-state index is 0.0640. The highest BCUT2D eigenvalue weighted by Crippen LogP contribution is 2.36. The van der Waals surface area contributed by atoms with Crippen molar-refractivity contribution in [2.24, 2.45) is 5.73 Å². The van der Waals surface area contributed by atoms with E-state index in [0.717, 1.165) is 11.3 Å². The second kappa shape index (κ2) is 2.88. The summed E-state index contributed by atoms with van der Waals surface area (Å²) in [5.74, 6) is 0.989. The molecule has 1 aromatic rings.